The molecule has 1 aromatic carbocycles. The Bertz CT molecular complexity index is 462. The van der Waals surface area contributed by atoms with E-state index in [1.54, 1.807) is 0 Å². The van der Waals surface area contributed by atoms with Crippen LogP contribution < -0.4 is 9.47 Å². The minimum atomic E-state index is -1.48. The normalized spacial score (nSPS) is 14.2. The Morgan fingerprint density at radius 3 is 2.53 bits per heavy atom. The van der Waals surface area contributed by atoms with Gasteiger partial charge < -0.3 is 14.6 Å². The molecular formula is C12H12O5. The van der Waals surface area contributed by atoms with Gasteiger partial charge in [-0.05, 0) is 31.0 Å². The first-order valence-corrected chi connectivity index (χ1v) is 5.24. The molecule has 1 aliphatic carbocycles. The molecule has 90 valence electrons. The first-order chi connectivity index (χ1) is 8.11. The van der Waals surface area contributed by atoms with E-state index in [0.29, 0.717) is 11.5 Å². The lowest BCUT2D eigenvalue weighted by Gasteiger charge is -2.10. The molecule has 5 heteroatoms. The number of carbonyl (C=O) groups is 2. The van der Waals surface area contributed by atoms with Gasteiger partial charge in [0.05, 0.1) is 13.2 Å². The SMILES string of the molecule is COc1ccc(C(=O)C(=O)O)cc1OC1CC1. The highest BCUT2D eigenvalue weighted by molar-refractivity contribution is 6.39. The van der Waals surface area contributed by atoms with Crippen LogP contribution in [-0.4, -0.2) is 30.1 Å². The van der Waals surface area contributed by atoms with Gasteiger partial charge in [-0.1, -0.05) is 0 Å². The molecular weight excluding hydrogens is 224 g/mol. The number of ketones is 1. The maximum Gasteiger partial charge on any atom is 0.377 e. The van der Waals surface area contributed by atoms with Crippen molar-refractivity contribution in [2.45, 2.75) is 18.9 Å². The van der Waals surface area contributed by atoms with Gasteiger partial charge in [0.15, 0.2) is 11.5 Å². The zero-order chi connectivity index (χ0) is 12.4. The zero-order valence-corrected chi connectivity index (χ0v) is 9.30. The van der Waals surface area contributed by atoms with E-state index < -0.39 is 11.8 Å². The standard InChI is InChI=1S/C12H12O5/c1-16-9-5-2-7(11(13)12(14)15)6-10(9)17-8-3-4-8/h2,5-6,8H,3-4H2,1H3,(H,14,15). The molecule has 0 aliphatic heterocycles. The fraction of sp³-hybridized carbons (Fsp3) is 0.333. The first-order valence-electron chi connectivity index (χ1n) is 5.24. The molecule has 0 radical (unpaired) electrons. The van der Waals surface area contributed by atoms with Gasteiger partial charge in [0.2, 0.25) is 0 Å². The second kappa shape index (κ2) is 4.45. The second-order valence-corrected chi connectivity index (χ2v) is 3.82. The van der Waals surface area contributed by atoms with Crippen molar-refractivity contribution < 1.29 is 24.2 Å². The molecule has 1 aromatic rings. The van der Waals surface area contributed by atoms with E-state index in [1.165, 1.54) is 25.3 Å². The molecule has 17 heavy (non-hydrogen) atoms. The van der Waals surface area contributed by atoms with Crippen LogP contribution in [0.4, 0.5) is 0 Å². The Morgan fingerprint density at radius 2 is 2.00 bits per heavy atom. The van der Waals surface area contributed by atoms with Crippen LogP contribution in [0.2, 0.25) is 0 Å². The number of ether oxygens (including phenoxy) is 2. The van der Waals surface area contributed by atoms with Crippen molar-refractivity contribution >= 4 is 11.8 Å². The smallest absolute Gasteiger partial charge is 0.377 e. The Hall–Kier alpha value is -2.04. The third-order valence-electron chi connectivity index (χ3n) is 2.44. The highest BCUT2D eigenvalue weighted by Gasteiger charge is 2.26. The van der Waals surface area contributed by atoms with Crippen molar-refractivity contribution in [3.63, 3.8) is 0 Å². The number of hydrogen-bond donors (Lipinski definition) is 1. The van der Waals surface area contributed by atoms with Crippen molar-refractivity contribution in [2.75, 3.05) is 7.11 Å². The van der Waals surface area contributed by atoms with Gasteiger partial charge in [-0.15, -0.1) is 0 Å². The summed E-state index contributed by atoms with van der Waals surface area (Å²) in [6, 6.07) is 4.36. The summed E-state index contributed by atoms with van der Waals surface area (Å²) in [7, 11) is 1.49. The minimum absolute atomic E-state index is 0.0916. The minimum Gasteiger partial charge on any atom is -0.493 e. The van der Waals surface area contributed by atoms with E-state index in [1.807, 2.05) is 0 Å². The number of methoxy groups -OCH3 is 1. The maximum atomic E-state index is 11.3. The molecule has 1 N–H and O–H groups in total. The molecule has 0 atom stereocenters. The molecule has 1 fully saturated rings. The number of Topliss-reactive ketones (excluding diaryl/α,β-unsaturated/α-hetero) is 1. The first kappa shape index (κ1) is 11.4. The van der Waals surface area contributed by atoms with Crippen LogP contribution in [-0.2, 0) is 4.79 Å². The van der Waals surface area contributed by atoms with Gasteiger partial charge in [-0.25, -0.2) is 4.79 Å². The van der Waals surface area contributed by atoms with Crippen molar-refractivity contribution in [3.8, 4) is 11.5 Å². The number of carboxylic acids is 1. The van der Waals surface area contributed by atoms with Crippen LogP contribution >= 0.6 is 0 Å². The molecule has 0 amide bonds. The third kappa shape index (κ3) is 2.55. The van der Waals surface area contributed by atoms with Crippen molar-refractivity contribution in [1.82, 2.24) is 0 Å². The number of hydrogen-bond acceptors (Lipinski definition) is 4. The lowest BCUT2D eigenvalue weighted by Crippen LogP contribution is -2.13. The van der Waals surface area contributed by atoms with Crippen molar-refractivity contribution in [1.29, 1.82) is 0 Å². The van der Waals surface area contributed by atoms with Gasteiger partial charge in [0.25, 0.3) is 5.78 Å². The maximum absolute atomic E-state index is 11.3. The predicted molar refractivity (Wildman–Crippen MR) is 58.6 cm³/mol. The van der Waals surface area contributed by atoms with Gasteiger partial charge in [0.1, 0.15) is 0 Å². The lowest BCUT2D eigenvalue weighted by atomic mass is 10.1. The molecule has 0 saturated heterocycles. The lowest BCUT2D eigenvalue weighted by molar-refractivity contribution is -0.131. The van der Waals surface area contributed by atoms with Crippen LogP contribution in [0.25, 0.3) is 0 Å². The summed E-state index contributed by atoms with van der Waals surface area (Å²) in [6.45, 7) is 0. The van der Waals surface area contributed by atoms with Crippen LogP contribution in [0.5, 0.6) is 11.5 Å². The van der Waals surface area contributed by atoms with E-state index in [0.717, 1.165) is 12.8 Å². The Balaban J connectivity index is 2.29. The number of aliphatic carboxylic acids is 1. The summed E-state index contributed by atoms with van der Waals surface area (Å²) in [6.07, 6.45) is 2.10. The van der Waals surface area contributed by atoms with Gasteiger partial charge in [-0.3, -0.25) is 4.79 Å². The quantitative estimate of drug-likeness (QED) is 0.619. The number of carbonyl (C=O) groups excluding carboxylic acids is 1. The Labute approximate surface area is 98.0 Å². The van der Waals surface area contributed by atoms with Gasteiger partial charge in [0, 0.05) is 5.56 Å². The van der Waals surface area contributed by atoms with Crippen LogP contribution in [0.1, 0.15) is 23.2 Å². The highest BCUT2D eigenvalue weighted by Crippen LogP contribution is 2.34. The average molecular weight is 236 g/mol. The van der Waals surface area contributed by atoms with Crippen LogP contribution in [0.3, 0.4) is 0 Å². The third-order valence-corrected chi connectivity index (χ3v) is 2.44. The van der Waals surface area contributed by atoms with Crippen LogP contribution in [0.15, 0.2) is 18.2 Å². The van der Waals surface area contributed by atoms with Crippen molar-refractivity contribution in [3.05, 3.63) is 23.8 Å². The fourth-order valence-corrected chi connectivity index (χ4v) is 1.40. The van der Waals surface area contributed by atoms with E-state index in [4.69, 9.17) is 14.6 Å². The monoisotopic (exact) mass is 236 g/mol. The number of carboxylic acid groups (broad SMARTS) is 1. The molecule has 1 saturated carbocycles. The zero-order valence-electron chi connectivity index (χ0n) is 9.30. The summed E-state index contributed by atoms with van der Waals surface area (Å²) in [5.41, 5.74) is 0.0916. The Morgan fingerprint density at radius 1 is 1.29 bits per heavy atom. The molecule has 1 aliphatic rings. The molecule has 5 nitrogen and oxygen atoms in total. The summed E-state index contributed by atoms with van der Waals surface area (Å²) < 4.78 is 10.6. The van der Waals surface area contributed by atoms with Crippen molar-refractivity contribution in [2.24, 2.45) is 0 Å². The molecule has 0 unspecified atom stereocenters. The Kier molecular flexibility index (Phi) is 2.99. The predicted octanol–water partition coefficient (Wildman–Crippen LogP) is 1.50. The average Bonchev–Trinajstić information content (AvgIpc) is 3.11. The molecule has 0 spiro atoms. The highest BCUT2D eigenvalue weighted by atomic mass is 16.5. The van der Waals surface area contributed by atoms with E-state index in [-0.39, 0.29) is 11.7 Å². The van der Waals surface area contributed by atoms with Gasteiger partial charge >= 0.3 is 5.97 Å². The fourth-order valence-electron chi connectivity index (χ4n) is 1.40. The van der Waals surface area contributed by atoms with E-state index in [2.05, 4.69) is 0 Å². The molecule has 0 heterocycles. The largest absolute Gasteiger partial charge is 0.493 e. The van der Waals surface area contributed by atoms with E-state index in [9.17, 15) is 9.59 Å². The number of benzene rings is 1. The van der Waals surface area contributed by atoms with Gasteiger partial charge in [-0.2, -0.15) is 0 Å². The number of rotatable bonds is 5. The summed E-state index contributed by atoms with van der Waals surface area (Å²) >= 11 is 0. The summed E-state index contributed by atoms with van der Waals surface area (Å²) in [4.78, 5) is 21.9. The summed E-state index contributed by atoms with van der Waals surface area (Å²) in [5, 5.41) is 8.63. The van der Waals surface area contributed by atoms with Crippen LogP contribution in [0, 0.1) is 0 Å². The van der Waals surface area contributed by atoms with E-state index >= 15 is 0 Å². The summed E-state index contributed by atoms with van der Waals surface area (Å²) in [5.74, 6) is -1.51. The molecule has 0 bridgehead atoms. The second-order valence-electron chi connectivity index (χ2n) is 3.82. The topological polar surface area (TPSA) is 72.8 Å². The molecule has 0 aromatic heterocycles. The molecule has 2 rings (SSSR count).